The molecule has 1 saturated carbocycles. The van der Waals surface area contributed by atoms with Crippen LogP contribution >= 0.6 is 24.8 Å². The first-order chi connectivity index (χ1) is 19.4. The number of rotatable bonds is 9. The number of benzene rings is 1. The molecule has 1 unspecified atom stereocenters. The lowest BCUT2D eigenvalue weighted by Crippen LogP contribution is -2.59. The number of hydrogen-bond donors (Lipinski definition) is 5. The number of nitrogen functional groups attached to an aromatic ring is 1. The molecule has 0 spiro atoms. The van der Waals surface area contributed by atoms with E-state index in [2.05, 4.69) is 20.9 Å². The van der Waals surface area contributed by atoms with E-state index in [0.29, 0.717) is 42.8 Å². The average molecular weight is 620 g/mol. The molecule has 0 bridgehead atoms. The van der Waals surface area contributed by atoms with Crippen LogP contribution in [0.1, 0.15) is 67.9 Å². The molecule has 1 atom stereocenters. The normalized spacial score (nSPS) is 17.4. The number of halogens is 2. The molecule has 228 valence electrons. The molecule has 6 N–H and O–H groups in total. The number of ether oxygens (including phenoxy) is 1. The minimum Gasteiger partial charge on any atom is -0.468 e. The first-order valence-corrected chi connectivity index (χ1v) is 14.0. The fraction of sp³-hybridized carbons (Fsp3) is 0.483. The largest absolute Gasteiger partial charge is 0.468 e. The zero-order valence-corrected chi connectivity index (χ0v) is 25.4. The van der Waals surface area contributed by atoms with Gasteiger partial charge in [0.25, 0.3) is 0 Å². The van der Waals surface area contributed by atoms with Crippen LogP contribution in [0.4, 0.5) is 0 Å². The molecule has 1 aromatic carbocycles. The van der Waals surface area contributed by atoms with E-state index in [4.69, 9.17) is 20.9 Å². The topological polar surface area (TPSA) is 160 Å². The summed E-state index contributed by atoms with van der Waals surface area (Å²) < 4.78 is 7.18. The lowest BCUT2D eigenvalue weighted by Gasteiger charge is -2.38. The summed E-state index contributed by atoms with van der Waals surface area (Å²) in [5, 5.41) is 18.1. The SMILES string of the molecule is COC(=O)C1(NC(c2ccncc2)c2nc3cc(C(=N)N)ccc3n2CC(=O)NC2CCCCC2)CCNCC1.Cl.Cl. The van der Waals surface area contributed by atoms with Crippen molar-refractivity contribution in [3.05, 3.63) is 59.7 Å². The maximum absolute atomic E-state index is 13.4. The minimum absolute atomic E-state index is 0. The predicted molar refractivity (Wildman–Crippen MR) is 166 cm³/mol. The molecular weight excluding hydrogens is 579 g/mol. The van der Waals surface area contributed by atoms with Gasteiger partial charge >= 0.3 is 5.97 Å². The van der Waals surface area contributed by atoms with Gasteiger partial charge in [0.1, 0.15) is 23.7 Å². The van der Waals surface area contributed by atoms with Crippen LogP contribution in [0.25, 0.3) is 11.0 Å². The molecule has 0 radical (unpaired) electrons. The number of hydrogen-bond acceptors (Lipinski definition) is 8. The van der Waals surface area contributed by atoms with Crippen molar-refractivity contribution >= 4 is 53.6 Å². The van der Waals surface area contributed by atoms with Gasteiger partial charge in [0.05, 0.1) is 24.2 Å². The number of amides is 1. The van der Waals surface area contributed by atoms with Crippen LogP contribution in [0.3, 0.4) is 0 Å². The number of nitrogens with one attached hydrogen (secondary N) is 4. The maximum atomic E-state index is 13.4. The number of carbonyl (C=O) groups excluding carboxylic acids is 2. The number of methoxy groups -OCH3 is 1. The van der Waals surface area contributed by atoms with Gasteiger partial charge in [0.2, 0.25) is 5.91 Å². The van der Waals surface area contributed by atoms with E-state index in [1.54, 1.807) is 24.5 Å². The van der Waals surface area contributed by atoms with Crippen LogP contribution in [-0.4, -0.2) is 64.0 Å². The second-order valence-electron chi connectivity index (χ2n) is 10.8. The van der Waals surface area contributed by atoms with Crippen LogP contribution in [0.2, 0.25) is 0 Å². The Bertz CT molecular complexity index is 1370. The van der Waals surface area contributed by atoms with Crippen LogP contribution in [0, 0.1) is 5.41 Å². The molecule has 3 heterocycles. The fourth-order valence-electron chi connectivity index (χ4n) is 5.95. The fourth-order valence-corrected chi connectivity index (χ4v) is 5.95. The van der Waals surface area contributed by atoms with Crippen LogP contribution in [0.15, 0.2) is 42.7 Å². The molecule has 5 rings (SSSR count). The van der Waals surface area contributed by atoms with E-state index in [9.17, 15) is 9.59 Å². The van der Waals surface area contributed by atoms with E-state index < -0.39 is 11.6 Å². The number of fused-ring (bicyclic) bond motifs is 1. The Kier molecular flexibility index (Phi) is 11.7. The highest BCUT2D eigenvalue weighted by molar-refractivity contribution is 5.98. The summed E-state index contributed by atoms with van der Waals surface area (Å²) in [7, 11) is 1.41. The molecule has 2 aromatic heterocycles. The number of nitrogens with zero attached hydrogens (tertiary/aromatic N) is 3. The monoisotopic (exact) mass is 618 g/mol. The standard InChI is InChI=1S/C29H38N8O3.2ClH/c1-40-28(39)29(11-15-33-16-12-29)36-25(19-9-13-32-14-10-19)27-35-22-17-20(26(30)31)7-8-23(22)37(27)18-24(38)34-21-5-3-2-4-6-21;;/h7-10,13-14,17,21,25,33,36H,2-6,11-12,15-16,18H2,1H3,(H3,30,31)(H,34,38);2*1H. The Balaban J connectivity index is 0.00000242. The Morgan fingerprint density at radius 2 is 1.83 bits per heavy atom. The molecule has 11 nitrogen and oxygen atoms in total. The lowest BCUT2D eigenvalue weighted by atomic mass is 9.86. The second kappa shape index (κ2) is 14.8. The summed E-state index contributed by atoms with van der Waals surface area (Å²) in [6, 6.07) is 8.78. The van der Waals surface area contributed by atoms with Crippen molar-refractivity contribution in [2.45, 2.75) is 69.1 Å². The van der Waals surface area contributed by atoms with E-state index in [0.717, 1.165) is 36.8 Å². The third-order valence-corrected chi connectivity index (χ3v) is 8.11. The average Bonchev–Trinajstić information content (AvgIpc) is 3.33. The Labute approximate surface area is 258 Å². The number of esters is 1. The number of pyridine rings is 1. The number of nitrogens with two attached hydrogens (primary N) is 1. The van der Waals surface area contributed by atoms with Gasteiger partial charge in [-0.15, -0.1) is 24.8 Å². The molecule has 2 fully saturated rings. The van der Waals surface area contributed by atoms with Gasteiger partial charge in [0.15, 0.2) is 0 Å². The number of aromatic nitrogens is 3. The van der Waals surface area contributed by atoms with Gasteiger partial charge in [-0.05, 0) is 74.7 Å². The van der Waals surface area contributed by atoms with Gasteiger partial charge in [-0.2, -0.15) is 0 Å². The van der Waals surface area contributed by atoms with Crippen molar-refractivity contribution in [3.63, 3.8) is 0 Å². The van der Waals surface area contributed by atoms with Crippen molar-refractivity contribution in [2.24, 2.45) is 5.73 Å². The number of piperidine rings is 1. The molecular formula is C29H40Cl2N8O3. The lowest BCUT2D eigenvalue weighted by molar-refractivity contribution is -0.150. The Morgan fingerprint density at radius 1 is 1.14 bits per heavy atom. The molecule has 3 aromatic rings. The van der Waals surface area contributed by atoms with Crippen molar-refractivity contribution < 1.29 is 14.3 Å². The summed E-state index contributed by atoms with van der Waals surface area (Å²) >= 11 is 0. The zero-order valence-electron chi connectivity index (χ0n) is 23.7. The molecule has 42 heavy (non-hydrogen) atoms. The van der Waals surface area contributed by atoms with Crippen molar-refractivity contribution in [1.82, 2.24) is 30.5 Å². The van der Waals surface area contributed by atoms with E-state index >= 15 is 0 Å². The zero-order chi connectivity index (χ0) is 28.1. The summed E-state index contributed by atoms with van der Waals surface area (Å²) in [5.41, 5.74) is 7.61. The second-order valence-corrected chi connectivity index (χ2v) is 10.8. The van der Waals surface area contributed by atoms with Gasteiger partial charge in [-0.3, -0.25) is 25.3 Å². The number of amidine groups is 1. The highest BCUT2D eigenvalue weighted by Gasteiger charge is 2.43. The quantitative estimate of drug-likeness (QED) is 0.139. The molecule has 1 amide bonds. The molecule has 1 aliphatic carbocycles. The third kappa shape index (κ3) is 7.20. The number of imidazole rings is 1. The van der Waals surface area contributed by atoms with E-state index in [1.807, 2.05) is 22.8 Å². The van der Waals surface area contributed by atoms with E-state index in [-0.39, 0.29) is 55.1 Å². The Hall–Kier alpha value is -3.25. The van der Waals surface area contributed by atoms with Crippen LogP contribution < -0.4 is 21.7 Å². The first-order valence-electron chi connectivity index (χ1n) is 14.0. The summed E-state index contributed by atoms with van der Waals surface area (Å²) in [5.74, 6) is 0.115. The molecule has 1 saturated heterocycles. The van der Waals surface area contributed by atoms with Gasteiger partial charge in [-0.25, -0.2) is 4.98 Å². The maximum Gasteiger partial charge on any atom is 0.326 e. The summed E-state index contributed by atoms with van der Waals surface area (Å²) in [4.78, 5) is 35.8. The molecule has 2 aliphatic rings. The Morgan fingerprint density at radius 3 is 2.48 bits per heavy atom. The highest BCUT2D eigenvalue weighted by atomic mass is 35.5. The smallest absolute Gasteiger partial charge is 0.326 e. The predicted octanol–water partition coefficient (Wildman–Crippen LogP) is 2.98. The van der Waals surface area contributed by atoms with Gasteiger partial charge in [0, 0.05) is 24.0 Å². The molecule has 1 aliphatic heterocycles. The summed E-state index contributed by atoms with van der Waals surface area (Å²) in [6.45, 7) is 1.39. The highest BCUT2D eigenvalue weighted by Crippen LogP contribution is 2.32. The first kappa shape index (κ1) is 33.3. The van der Waals surface area contributed by atoms with Crippen molar-refractivity contribution in [3.8, 4) is 0 Å². The van der Waals surface area contributed by atoms with Gasteiger partial charge in [-0.1, -0.05) is 19.3 Å². The van der Waals surface area contributed by atoms with Crippen LogP contribution in [-0.2, 0) is 20.9 Å². The third-order valence-electron chi connectivity index (χ3n) is 8.11. The summed E-state index contributed by atoms with van der Waals surface area (Å²) in [6.07, 6.45) is 9.91. The van der Waals surface area contributed by atoms with Crippen molar-refractivity contribution in [1.29, 1.82) is 5.41 Å². The van der Waals surface area contributed by atoms with E-state index in [1.165, 1.54) is 13.5 Å². The number of carbonyl (C=O) groups is 2. The van der Waals surface area contributed by atoms with Crippen molar-refractivity contribution in [2.75, 3.05) is 20.2 Å². The van der Waals surface area contributed by atoms with Gasteiger partial charge < -0.3 is 25.7 Å². The van der Waals surface area contributed by atoms with Crippen LogP contribution in [0.5, 0.6) is 0 Å². The minimum atomic E-state index is -0.939. The molecule has 13 heteroatoms.